The second-order valence-corrected chi connectivity index (χ2v) is 12.7. The number of carbonyl (C=O) groups is 2. The number of nitrogens with zero attached hydrogens (tertiary/aromatic N) is 5. The highest BCUT2D eigenvalue weighted by molar-refractivity contribution is 5.95. The lowest BCUT2D eigenvalue weighted by Gasteiger charge is -2.17. The fourth-order valence-corrected chi connectivity index (χ4v) is 4.67. The monoisotopic (exact) mass is 766 g/mol. The summed E-state index contributed by atoms with van der Waals surface area (Å²) in [5.41, 5.74) is 7.37. The summed E-state index contributed by atoms with van der Waals surface area (Å²) >= 11 is 0. The molecule has 0 radical (unpaired) electrons. The van der Waals surface area contributed by atoms with Crippen LogP contribution in [0.4, 0.5) is 11.4 Å². The summed E-state index contributed by atoms with van der Waals surface area (Å²) in [5, 5.41) is 2.77. The maximum absolute atomic E-state index is 13.2. The highest BCUT2D eigenvalue weighted by Gasteiger charge is 2.31. The average molecular weight is 768 g/mol. The van der Waals surface area contributed by atoms with Crippen LogP contribution >= 0.6 is 0 Å². The molecular weight excluding hydrogens is 727 g/mol. The predicted molar refractivity (Wildman–Crippen MR) is 168 cm³/mol. The van der Waals surface area contributed by atoms with Gasteiger partial charge in [0.05, 0.1) is 7.05 Å². The lowest BCUT2D eigenvalue weighted by molar-refractivity contribution is -2.00. The van der Waals surface area contributed by atoms with E-state index in [1.54, 1.807) is 7.05 Å². The van der Waals surface area contributed by atoms with Crippen molar-refractivity contribution in [2.24, 2.45) is 7.05 Å². The van der Waals surface area contributed by atoms with E-state index in [1.165, 1.54) is 6.92 Å². The van der Waals surface area contributed by atoms with Crippen LogP contribution in [0.3, 0.4) is 0 Å². The fourth-order valence-electron chi connectivity index (χ4n) is 4.67. The highest BCUT2D eigenvalue weighted by Crippen LogP contribution is 2.18. The van der Waals surface area contributed by atoms with E-state index in [2.05, 4.69) is 87.9 Å². The molecule has 0 atom stereocenters. The largest absolute Gasteiger partial charge is 0.462 e. The van der Waals surface area contributed by atoms with Gasteiger partial charge in [-0.1, -0.05) is 36.4 Å². The number of aromatic nitrogens is 3. The molecule has 17 nitrogen and oxygen atoms in total. The molecule has 0 bridgehead atoms. The predicted octanol–water partition coefficient (Wildman–Crippen LogP) is -6.07. The summed E-state index contributed by atoms with van der Waals surface area (Å²) < 4.78 is 79.0. The van der Waals surface area contributed by atoms with Gasteiger partial charge in [-0.15, -0.1) is 20.5 Å². The first-order valence-electron chi connectivity index (χ1n) is 15.1. The molecule has 4 rings (SSSR count). The molecule has 0 aliphatic carbocycles. The molecule has 0 saturated carbocycles. The van der Waals surface area contributed by atoms with Gasteiger partial charge in [0.1, 0.15) is 24.5 Å². The van der Waals surface area contributed by atoms with Gasteiger partial charge >= 0.3 is 11.6 Å². The minimum atomic E-state index is -4.94. The van der Waals surface area contributed by atoms with Crippen LogP contribution in [0.2, 0.25) is 0 Å². The Balaban J connectivity index is 0.000000825. The fraction of sp³-hybridized carbons (Fsp3) is 0.273. The zero-order chi connectivity index (χ0) is 39.4. The van der Waals surface area contributed by atoms with Crippen molar-refractivity contribution in [3.8, 4) is 0 Å². The van der Waals surface area contributed by atoms with Crippen molar-refractivity contribution < 1.29 is 81.2 Å². The number of hydrogen-bond acceptors (Lipinski definition) is 13. The van der Waals surface area contributed by atoms with Crippen molar-refractivity contribution in [3.63, 3.8) is 0 Å². The summed E-state index contributed by atoms with van der Waals surface area (Å²) in [4.78, 5) is 28.7. The summed E-state index contributed by atoms with van der Waals surface area (Å²) in [5.74, 6) is -0.591. The van der Waals surface area contributed by atoms with Crippen molar-refractivity contribution in [3.05, 3.63) is 89.1 Å². The molecule has 2 heterocycles. The molecule has 52 heavy (non-hydrogen) atoms. The minimum absolute atomic E-state index is 0.156. The van der Waals surface area contributed by atoms with E-state index >= 15 is 0 Å². The van der Waals surface area contributed by atoms with Crippen LogP contribution in [-0.2, 0) is 23.1 Å². The molecule has 19 heteroatoms. The molecule has 4 aromatic rings. The molecular formula is C33H40Cl2N6O11. The van der Waals surface area contributed by atoms with E-state index in [1.807, 2.05) is 61.2 Å². The zero-order valence-corrected chi connectivity index (χ0v) is 31.0. The lowest BCUT2D eigenvalue weighted by atomic mass is 10.1. The van der Waals surface area contributed by atoms with Crippen LogP contribution in [0.5, 0.6) is 0 Å². The molecule has 282 valence electrons. The standard InChI is InChI=1S/C33H39N6O3.2ClHO4/c1-24(40)42-21-20-38-23-39-30(19-13-26-10-16-28(17-11-26)36(5)6)22-29(37(7)33(39)31(38)32(41)34-2)18-12-25-8-14-27(15-9-25)35(3)4;2*2-1(3,4)5/h8-19,22-23H,20-21H2,1-7H3;2*(H,2,3,4,5)/q+1;;/p-1. The van der Waals surface area contributed by atoms with E-state index in [4.69, 9.17) is 42.0 Å². The van der Waals surface area contributed by atoms with Crippen molar-refractivity contribution in [2.45, 2.75) is 13.5 Å². The van der Waals surface area contributed by atoms with E-state index in [0.29, 0.717) is 17.9 Å². The van der Waals surface area contributed by atoms with Gasteiger partial charge in [0.2, 0.25) is 0 Å². The zero-order valence-electron chi connectivity index (χ0n) is 29.5. The second-order valence-electron chi connectivity index (χ2n) is 11.2. The summed E-state index contributed by atoms with van der Waals surface area (Å²) in [6.07, 6.45) is 10.1. The first-order valence-corrected chi connectivity index (χ1v) is 17.5. The number of halogens is 2. The number of nitrogens with one attached hydrogen (secondary N) is 1. The Hall–Kier alpha value is -4.66. The van der Waals surface area contributed by atoms with E-state index in [9.17, 15) is 9.59 Å². The van der Waals surface area contributed by atoms with Crippen LogP contribution in [0.25, 0.3) is 30.0 Å². The van der Waals surface area contributed by atoms with Gasteiger partial charge in [0.25, 0.3) is 17.9 Å². The van der Waals surface area contributed by atoms with Gasteiger partial charge in [-0.3, -0.25) is 9.59 Å². The van der Waals surface area contributed by atoms with Gasteiger partial charge in [-0.25, -0.2) is 46.4 Å². The SMILES string of the molecule is CNC(=O)c1c2n(c[n+]1CCOC(C)=O)c(/C=C/c1ccc(N(C)C)cc1)cc(/C=C/c1ccc(N(C)C)cc1)[n+]2C.[O-][Cl+3]([O-])([O-])[O-].[O-][Cl+3]([O-])([O-])[O-]. The number of anilines is 2. The van der Waals surface area contributed by atoms with Crippen molar-refractivity contribution in [2.75, 3.05) is 51.6 Å². The van der Waals surface area contributed by atoms with Crippen LogP contribution in [0.1, 0.15) is 39.9 Å². The first kappa shape index (κ1) is 43.5. The number of ether oxygens (including phenoxy) is 1. The molecule has 0 saturated heterocycles. The normalized spacial score (nSPS) is 11.5. The Morgan fingerprint density at radius 1 is 0.788 bits per heavy atom. The van der Waals surface area contributed by atoms with Crippen molar-refractivity contribution >= 4 is 53.2 Å². The van der Waals surface area contributed by atoms with Gasteiger partial charge in [-0.2, -0.15) is 4.40 Å². The highest BCUT2D eigenvalue weighted by atomic mass is 35.7. The lowest BCUT2D eigenvalue weighted by Crippen LogP contribution is -2.68. The third-order valence-corrected chi connectivity index (χ3v) is 7.05. The molecule has 0 aliphatic rings. The van der Waals surface area contributed by atoms with E-state index in [-0.39, 0.29) is 18.5 Å². The number of benzene rings is 2. The van der Waals surface area contributed by atoms with E-state index < -0.39 is 20.5 Å². The van der Waals surface area contributed by atoms with Gasteiger partial charge in [0, 0.05) is 59.6 Å². The number of hydrogen-bond donors (Lipinski definition) is 1. The van der Waals surface area contributed by atoms with Gasteiger partial charge in [0.15, 0.2) is 0 Å². The Labute approximate surface area is 304 Å². The summed E-state index contributed by atoms with van der Waals surface area (Å²) in [7, 11) is 1.74. The Morgan fingerprint density at radius 3 is 1.63 bits per heavy atom. The smallest absolute Gasteiger partial charge is 0.343 e. The second kappa shape index (κ2) is 19.3. The van der Waals surface area contributed by atoms with Crippen molar-refractivity contribution in [1.82, 2.24) is 9.72 Å². The Bertz CT molecular complexity index is 1830. The number of fused-ring (bicyclic) bond motifs is 1. The van der Waals surface area contributed by atoms with Crippen LogP contribution in [-0.4, -0.2) is 58.1 Å². The molecule has 0 fully saturated rings. The van der Waals surface area contributed by atoms with Crippen LogP contribution in [0.15, 0.2) is 60.9 Å². The maximum atomic E-state index is 13.2. The number of aryl methyl sites for hydroxylation is 1. The maximum Gasteiger partial charge on any atom is 0.343 e. The molecule has 2 aromatic carbocycles. The average Bonchev–Trinajstić information content (AvgIpc) is 3.42. The Morgan fingerprint density at radius 2 is 1.23 bits per heavy atom. The quantitative estimate of drug-likeness (QED) is 0.117. The summed E-state index contributed by atoms with van der Waals surface area (Å²) in [6, 6.07) is 18.7. The van der Waals surface area contributed by atoms with Crippen LogP contribution < -0.4 is 61.5 Å². The van der Waals surface area contributed by atoms with E-state index in [0.717, 1.165) is 33.9 Å². The number of amides is 1. The third-order valence-electron chi connectivity index (χ3n) is 7.05. The van der Waals surface area contributed by atoms with Crippen LogP contribution in [0, 0.1) is 20.5 Å². The molecule has 0 spiro atoms. The molecule has 1 amide bonds. The molecule has 0 aliphatic heterocycles. The topological polar surface area (TPSA) is 259 Å². The van der Waals surface area contributed by atoms with Gasteiger partial charge < -0.3 is 19.9 Å². The Kier molecular flexibility index (Phi) is 16.1. The number of rotatable bonds is 10. The number of esters is 1. The summed E-state index contributed by atoms with van der Waals surface area (Å²) in [6.45, 7) is 1.87. The first-order chi connectivity index (χ1) is 24.1. The van der Waals surface area contributed by atoms with Crippen molar-refractivity contribution in [1.29, 1.82) is 0 Å². The third kappa shape index (κ3) is 14.9. The number of carbonyl (C=O) groups excluding carboxylic acids is 2. The molecule has 2 aromatic heterocycles. The number of imidazole rings is 1. The minimum Gasteiger partial charge on any atom is -0.462 e. The molecule has 1 N–H and O–H groups in total. The van der Waals surface area contributed by atoms with Gasteiger partial charge in [-0.05, 0) is 47.5 Å². The molecule has 0 unspecified atom stereocenters.